The fraction of sp³-hybridized carbons (Fsp3) is 0.0476. The standard InChI is InChI=1S/C21H13Cl3N2O2S/c22-13-5-6-17(24)15(10-13)18-7-8-19(28-18)20(27)26-21-25-11-14(29-21)9-12-3-1-2-4-16(12)23/h1-8,10-11H,9H2,(H,25,26,27). The Morgan fingerprint density at radius 1 is 1.03 bits per heavy atom. The number of carbonyl (C=O) groups excluding carboxylic acids is 1. The molecule has 0 unspecified atom stereocenters. The molecule has 0 saturated heterocycles. The van der Waals surface area contributed by atoms with Crippen LogP contribution in [0.5, 0.6) is 0 Å². The maximum absolute atomic E-state index is 12.5. The number of nitrogens with one attached hydrogen (secondary N) is 1. The first kappa shape index (κ1) is 20.0. The number of furan rings is 1. The van der Waals surface area contributed by atoms with Gasteiger partial charge in [-0.2, -0.15) is 0 Å². The van der Waals surface area contributed by atoms with E-state index in [1.54, 1.807) is 36.5 Å². The van der Waals surface area contributed by atoms with Crippen LogP contribution in [-0.2, 0) is 6.42 Å². The Labute approximate surface area is 186 Å². The van der Waals surface area contributed by atoms with Crippen LogP contribution in [0.1, 0.15) is 21.0 Å². The number of hydrogen-bond donors (Lipinski definition) is 1. The average Bonchev–Trinajstić information content (AvgIpc) is 3.35. The highest BCUT2D eigenvalue weighted by Crippen LogP contribution is 2.32. The maximum atomic E-state index is 12.5. The molecule has 0 saturated carbocycles. The lowest BCUT2D eigenvalue weighted by Gasteiger charge is -2.02. The van der Waals surface area contributed by atoms with E-state index in [1.165, 1.54) is 11.3 Å². The van der Waals surface area contributed by atoms with Crippen LogP contribution in [-0.4, -0.2) is 10.9 Å². The van der Waals surface area contributed by atoms with Crippen molar-refractivity contribution < 1.29 is 9.21 Å². The van der Waals surface area contributed by atoms with E-state index in [0.29, 0.717) is 37.9 Å². The second-order valence-electron chi connectivity index (χ2n) is 6.14. The van der Waals surface area contributed by atoms with Crippen molar-refractivity contribution in [3.05, 3.63) is 92.1 Å². The molecule has 0 fully saturated rings. The zero-order valence-corrected chi connectivity index (χ0v) is 17.9. The maximum Gasteiger partial charge on any atom is 0.293 e. The summed E-state index contributed by atoms with van der Waals surface area (Å²) in [4.78, 5) is 17.8. The van der Waals surface area contributed by atoms with Gasteiger partial charge in [-0.05, 0) is 42.0 Å². The van der Waals surface area contributed by atoms with E-state index >= 15 is 0 Å². The Hall–Kier alpha value is -2.31. The van der Waals surface area contributed by atoms with Crippen LogP contribution >= 0.6 is 46.1 Å². The van der Waals surface area contributed by atoms with E-state index in [9.17, 15) is 4.79 Å². The summed E-state index contributed by atoms with van der Waals surface area (Å²) in [6, 6.07) is 15.9. The zero-order chi connectivity index (χ0) is 20.4. The highest BCUT2D eigenvalue weighted by Gasteiger charge is 2.16. The SMILES string of the molecule is O=C(Nc1ncc(Cc2ccccc2Cl)s1)c1ccc(-c2cc(Cl)ccc2Cl)o1. The summed E-state index contributed by atoms with van der Waals surface area (Å²) in [7, 11) is 0. The second-order valence-corrected chi connectivity index (χ2v) is 8.51. The molecule has 0 radical (unpaired) electrons. The minimum absolute atomic E-state index is 0.152. The van der Waals surface area contributed by atoms with E-state index in [-0.39, 0.29) is 5.76 Å². The summed E-state index contributed by atoms with van der Waals surface area (Å²) in [5.41, 5.74) is 1.62. The largest absolute Gasteiger partial charge is 0.451 e. The van der Waals surface area contributed by atoms with Crippen LogP contribution in [0.25, 0.3) is 11.3 Å². The van der Waals surface area contributed by atoms with Crippen molar-refractivity contribution in [3.8, 4) is 11.3 Å². The second kappa shape index (κ2) is 8.59. The summed E-state index contributed by atoms with van der Waals surface area (Å²) in [6.45, 7) is 0. The summed E-state index contributed by atoms with van der Waals surface area (Å²) in [5, 5.41) is 4.95. The van der Waals surface area contributed by atoms with Crippen LogP contribution in [0, 0.1) is 0 Å². The quantitative estimate of drug-likeness (QED) is 0.340. The third-order valence-corrected chi connectivity index (χ3v) is 5.97. The predicted octanol–water partition coefficient (Wildman–Crippen LogP) is 7.21. The molecule has 0 spiro atoms. The molecule has 0 aliphatic rings. The molecule has 4 nitrogen and oxygen atoms in total. The third-order valence-electron chi connectivity index (χ3n) is 4.12. The molecule has 1 N–H and O–H groups in total. The molecule has 0 aliphatic carbocycles. The number of amides is 1. The molecule has 1 amide bonds. The van der Waals surface area contributed by atoms with Gasteiger partial charge in [0.05, 0.1) is 5.02 Å². The first-order valence-corrected chi connectivity index (χ1v) is 10.5. The van der Waals surface area contributed by atoms with Crippen molar-refractivity contribution in [1.29, 1.82) is 0 Å². The Morgan fingerprint density at radius 2 is 1.86 bits per heavy atom. The first-order chi connectivity index (χ1) is 14.0. The Kier molecular flexibility index (Phi) is 5.92. The smallest absolute Gasteiger partial charge is 0.293 e. The van der Waals surface area contributed by atoms with Gasteiger partial charge in [0.15, 0.2) is 10.9 Å². The molecule has 0 bridgehead atoms. The van der Waals surface area contributed by atoms with Crippen LogP contribution in [0.15, 0.2) is 65.2 Å². The number of rotatable bonds is 5. The van der Waals surface area contributed by atoms with E-state index in [0.717, 1.165) is 10.4 Å². The fourth-order valence-electron chi connectivity index (χ4n) is 2.73. The number of hydrogen-bond acceptors (Lipinski definition) is 4. The van der Waals surface area contributed by atoms with Crippen LogP contribution < -0.4 is 5.32 Å². The highest BCUT2D eigenvalue weighted by atomic mass is 35.5. The van der Waals surface area contributed by atoms with Gasteiger partial charge in [0, 0.05) is 33.1 Å². The van der Waals surface area contributed by atoms with Crippen LogP contribution in [0.3, 0.4) is 0 Å². The fourth-order valence-corrected chi connectivity index (χ4v) is 4.14. The minimum atomic E-state index is -0.395. The molecule has 146 valence electrons. The van der Waals surface area contributed by atoms with Gasteiger partial charge in [0.25, 0.3) is 5.91 Å². The summed E-state index contributed by atoms with van der Waals surface area (Å²) in [5.74, 6) is 0.216. The van der Waals surface area contributed by atoms with Gasteiger partial charge in [-0.15, -0.1) is 11.3 Å². The van der Waals surface area contributed by atoms with Crippen molar-refractivity contribution >= 4 is 57.2 Å². The molecular formula is C21H13Cl3N2O2S. The third kappa shape index (κ3) is 4.65. The molecule has 2 heterocycles. The van der Waals surface area contributed by atoms with Gasteiger partial charge in [-0.3, -0.25) is 10.1 Å². The predicted molar refractivity (Wildman–Crippen MR) is 118 cm³/mol. The highest BCUT2D eigenvalue weighted by molar-refractivity contribution is 7.15. The van der Waals surface area contributed by atoms with Gasteiger partial charge in [0.1, 0.15) is 5.76 Å². The van der Waals surface area contributed by atoms with Crippen molar-refractivity contribution in [2.24, 2.45) is 0 Å². The van der Waals surface area contributed by atoms with Gasteiger partial charge in [0.2, 0.25) is 0 Å². The van der Waals surface area contributed by atoms with E-state index < -0.39 is 5.91 Å². The minimum Gasteiger partial charge on any atom is -0.451 e. The normalized spacial score (nSPS) is 10.9. The Balaban J connectivity index is 1.47. The topological polar surface area (TPSA) is 55.1 Å². The lowest BCUT2D eigenvalue weighted by Crippen LogP contribution is -2.10. The molecule has 4 rings (SSSR count). The van der Waals surface area contributed by atoms with Gasteiger partial charge >= 0.3 is 0 Å². The number of thiazole rings is 1. The molecule has 8 heteroatoms. The number of halogens is 3. The van der Waals surface area contributed by atoms with Crippen molar-refractivity contribution in [1.82, 2.24) is 4.98 Å². The number of benzene rings is 2. The summed E-state index contributed by atoms with van der Waals surface area (Å²) >= 11 is 19.8. The molecule has 2 aromatic heterocycles. The number of nitrogens with zero attached hydrogens (tertiary/aromatic N) is 1. The Bertz CT molecular complexity index is 1190. The summed E-state index contributed by atoms with van der Waals surface area (Å²) in [6.07, 6.45) is 2.37. The number of aromatic nitrogens is 1. The van der Waals surface area contributed by atoms with E-state index in [4.69, 9.17) is 39.2 Å². The van der Waals surface area contributed by atoms with Crippen LogP contribution in [0.2, 0.25) is 15.1 Å². The van der Waals surface area contributed by atoms with Crippen molar-refractivity contribution in [2.45, 2.75) is 6.42 Å². The number of carbonyl (C=O) groups is 1. The van der Waals surface area contributed by atoms with Gasteiger partial charge < -0.3 is 4.42 Å². The molecular weight excluding hydrogens is 451 g/mol. The average molecular weight is 464 g/mol. The lowest BCUT2D eigenvalue weighted by atomic mass is 10.1. The van der Waals surface area contributed by atoms with Gasteiger partial charge in [-0.1, -0.05) is 53.0 Å². The zero-order valence-electron chi connectivity index (χ0n) is 14.8. The van der Waals surface area contributed by atoms with Crippen molar-refractivity contribution in [3.63, 3.8) is 0 Å². The summed E-state index contributed by atoms with van der Waals surface area (Å²) < 4.78 is 5.66. The lowest BCUT2D eigenvalue weighted by molar-refractivity contribution is 0.0997. The molecule has 0 atom stereocenters. The van der Waals surface area contributed by atoms with Crippen LogP contribution in [0.4, 0.5) is 5.13 Å². The number of anilines is 1. The monoisotopic (exact) mass is 462 g/mol. The molecule has 4 aromatic rings. The molecule has 29 heavy (non-hydrogen) atoms. The Morgan fingerprint density at radius 3 is 2.69 bits per heavy atom. The van der Waals surface area contributed by atoms with Crippen molar-refractivity contribution in [2.75, 3.05) is 5.32 Å². The van der Waals surface area contributed by atoms with E-state index in [2.05, 4.69) is 10.3 Å². The molecule has 0 aliphatic heterocycles. The van der Waals surface area contributed by atoms with E-state index in [1.807, 2.05) is 24.3 Å². The first-order valence-electron chi connectivity index (χ1n) is 8.54. The molecule has 2 aromatic carbocycles. The van der Waals surface area contributed by atoms with Gasteiger partial charge in [-0.25, -0.2) is 4.98 Å².